The number of pyridine rings is 1. The highest BCUT2D eigenvalue weighted by Gasteiger charge is 2.33. The molecule has 5 rings (SSSR count). The molecule has 1 saturated heterocycles. The zero-order chi connectivity index (χ0) is 32.4. The number of aromatic nitrogens is 3. The van der Waals surface area contributed by atoms with Crippen LogP contribution in [-0.4, -0.2) is 44.7 Å². The summed E-state index contributed by atoms with van der Waals surface area (Å²) in [6.45, 7) is 9.30. The van der Waals surface area contributed by atoms with Crippen LogP contribution < -0.4 is 10.6 Å². The molecule has 11 heteroatoms. The van der Waals surface area contributed by atoms with Crippen molar-refractivity contribution in [3.63, 3.8) is 0 Å². The summed E-state index contributed by atoms with van der Waals surface area (Å²) in [6.07, 6.45) is -1.15. The molecule has 45 heavy (non-hydrogen) atoms. The molecule has 0 aliphatic carbocycles. The van der Waals surface area contributed by atoms with E-state index in [2.05, 4.69) is 36.4 Å². The number of anilines is 2. The Labute approximate surface area is 260 Å². The lowest BCUT2D eigenvalue weighted by Crippen LogP contribution is -2.39. The Morgan fingerprint density at radius 2 is 1.56 bits per heavy atom. The molecule has 0 spiro atoms. The lowest BCUT2D eigenvalue weighted by Gasteiger charge is -2.32. The average Bonchev–Trinajstić information content (AvgIpc) is 3.42. The van der Waals surface area contributed by atoms with Gasteiger partial charge in [0.2, 0.25) is 0 Å². The van der Waals surface area contributed by atoms with Gasteiger partial charge in [-0.2, -0.15) is 18.3 Å². The Balaban J connectivity index is 1.14. The lowest BCUT2D eigenvalue weighted by molar-refractivity contribution is -0.141. The number of benzene rings is 2. The predicted molar refractivity (Wildman–Crippen MR) is 168 cm³/mol. The van der Waals surface area contributed by atoms with Crippen LogP contribution in [0.25, 0.3) is 5.69 Å². The van der Waals surface area contributed by atoms with Gasteiger partial charge in [0.15, 0.2) is 0 Å². The largest absolute Gasteiger partial charge is 0.433 e. The Hall–Kier alpha value is -4.67. The van der Waals surface area contributed by atoms with Crippen LogP contribution in [0.2, 0.25) is 0 Å². The van der Waals surface area contributed by atoms with Gasteiger partial charge >= 0.3 is 12.2 Å². The van der Waals surface area contributed by atoms with Crippen LogP contribution in [0.3, 0.4) is 0 Å². The van der Waals surface area contributed by atoms with Crippen molar-refractivity contribution in [2.75, 3.05) is 23.7 Å². The van der Waals surface area contributed by atoms with Crippen LogP contribution in [0, 0.1) is 12.8 Å². The number of aryl methyl sites for hydroxylation is 1. The van der Waals surface area contributed by atoms with Gasteiger partial charge in [0.1, 0.15) is 11.5 Å². The number of urea groups is 1. The van der Waals surface area contributed by atoms with Gasteiger partial charge in [0.05, 0.1) is 16.9 Å². The van der Waals surface area contributed by atoms with E-state index in [1.807, 2.05) is 61.5 Å². The fourth-order valence-electron chi connectivity index (χ4n) is 5.27. The van der Waals surface area contributed by atoms with Gasteiger partial charge < -0.3 is 10.2 Å². The Kier molecular flexibility index (Phi) is 8.99. The first-order chi connectivity index (χ1) is 21.3. The fraction of sp³-hybridized carbons (Fsp3) is 0.353. The third-order valence-corrected chi connectivity index (χ3v) is 7.94. The fourth-order valence-corrected chi connectivity index (χ4v) is 5.27. The van der Waals surface area contributed by atoms with Crippen molar-refractivity contribution in [3.8, 4) is 5.69 Å². The number of hydrogen-bond acceptors (Lipinski definition) is 4. The topological polar surface area (TPSA) is 92.2 Å². The maximum Gasteiger partial charge on any atom is 0.433 e. The highest BCUT2D eigenvalue weighted by Crippen LogP contribution is 2.29. The number of nitrogens with zero attached hydrogens (tertiary/aromatic N) is 4. The van der Waals surface area contributed by atoms with Crippen LogP contribution in [0.5, 0.6) is 0 Å². The highest BCUT2D eigenvalue weighted by molar-refractivity contribution is 5.99. The van der Waals surface area contributed by atoms with Gasteiger partial charge in [0.25, 0.3) is 5.91 Å². The van der Waals surface area contributed by atoms with Crippen LogP contribution in [0.15, 0.2) is 72.9 Å². The van der Waals surface area contributed by atoms with E-state index in [9.17, 15) is 22.8 Å². The van der Waals surface area contributed by atoms with E-state index in [0.717, 1.165) is 54.0 Å². The van der Waals surface area contributed by atoms with E-state index in [1.165, 1.54) is 6.07 Å². The van der Waals surface area contributed by atoms with Crippen molar-refractivity contribution in [3.05, 3.63) is 101 Å². The molecule has 2 N–H and O–H groups in total. The number of carbonyl (C=O) groups excluding carboxylic acids is 2. The van der Waals surface area contributed by atoms with E-state index in [1.54, 1.807) is 9.58 Å². The quantitative estimate of drug-likeness (QED) is 0.232. The second-order valence-electron chi connectivity index (χ2n) is 12.6. The first-order valence-corrected chi connectivity index (χ1v) is 14.9. The van der Waals surface area contributed by atoms with E-state index >= 15 is 0 Å². The third kappa shape index (κ3) is 7.89. The molecule has 1 aliphatic rings. The van der Waals surface area contributed by atoms with Crippen molar-refractivity contribution in [2.45, 2.75) is 58.5 Å². The van der Waals surface area contributed by atoms with Gasteiger partial charge in [-0.25, -0.2) is 9.48 Å². The van der Waals surface area contributed by atoms with Crippen molar-refractivity contribution in [1.82, 2.24) is 19.7 Å². The minimum Gasteiger partial charge on any atom is -0.339 e. The molecule has 0 bridgehead atoms. The van der Waals surface area contributed by atoms with Crippen LogP contribution in [0.4, 0.5) is 29.5 Å². The van der Waals surface area contributed by atoms with E-state index in [-0.39, 0.29) is 22.9 Å². The van der Waals surface area contributed by atoms with Crippen LogP contribution in [-0.2, 0) is 18.0 Å². The summed E-state index contributed by atoms with van der Waals surface area (Å²) >= 11 is 0. The molecule has 236 valence electrons. The maximum absolute atomic E-state index is 13.0. The smallest absolute Gasteiger partial charge is 0.339 e. The minimum atomic E-state index is -4.54. The van der Waals surface area contributed by atoms with Gasteiger partial charge in [-0.3, -0.25) is 15.1 Å². The molecule has 2 aromatic heterocycles. The standard InChI is InChI=1S/C34H37F3N6O2/c1-22-5-12-27(13-6-22)43-30(20-29(41-43)33(2,3)4)40-32(45)39-26-10-7-23(8-11-26)19-24-15-17-42(18-16-24)31(44)25-9-14-28(38-21-25)34(35,36)37/h5-14,20-21,24H,15-19H2,1-4H3,(H2,39,40,45). The summed E-state index contributed by atoms with van der Waals surface area (Å²) in [4.78, 5) is 30.8. The zero-order valence-corrected chi connectivity index (χ0v) is 25.8. The first kappa shape index (κ1) is 31.7. The maximum atomic E-state index is 13.0. The minimum absolute atomic E-state index is 0.155. The Morgan fingerprint density at radius 3 is 2.13 bits per heavy atom. The lowest BCUT2D eigenvalue weighted by atomic mass is 9.90. The molecule has 0 radical (unpaired) electrons. The summed E-state index contributed by atoms with van der Waals surface area (Å²) in [5.74, 6) is 0.623. The summed E-state index contributed by atoms with van der Waals surface area (Å²) < 4.78 is 40.1. The highest BCUT2D eigenvalue weighted by atomic mass is 19.4. The zero-order valence-electron chi connectivity index (χ0n) is 25.8. The third-order valence-electron chi connectivity index (χ3n) is 7.94. The van der Waals surface area contributed by atoms with Crippen LogP contribution in [0.1, 0.15) is 66.5 Å². The van der Waals surface area contributed by atoms with Gasteiger partial charge in [-0.1, -0.05) is 50.6 Å². The SMILES string of the molecule is Cc1ccc(-n2nc(C(C)(C)C)cc2NC(=O)Nc2ccc(CC3CCN(C(=O)c4ccc(C(F)(F)F)nc4)CC3)cc2)cc1. The first-order valence-electron chi connectivity index (χ1n) is 14.9. The molecule has 1 aliphatic heterocycles. The van der Waals surface area contributed by atoms with Gasteiger partial charge in [0, 0.05) is 36.5 Å². The molecule has 2 aromatic carbocycles. The average molecular weight is 619 g/mol. The summed E-state index contributed by atoms with van der Waals surface area (Å²) in [5.41, 5.74) is 3.55. The van der Waals surface area contributed by atoms with Gasteiger partial charge in [-0.15, -0.1) is 0 Å². The Morgan fingerprint density at radius 1 is 0.889 bits per heavy atom. The number of hydrogen-bond donors (Lipinski definition) is 2. The number of piperidine rings is 1. The van der Waals surface area contributed by atoms with Crippen molar-refractivity contribution in [1.29, 1.82) is 0 Å². The van der Waals surface area contributed by atoms with E-state index < -0.39 is 11.9 Å². The van der Waals surface area contributed by atoms with Crippen molar-refractivity contribution >= 4 is 23.4 Å². The molecule has 0 saturated carbocycles. The summed E-state index contributed by atoms with van der Waals surface area (Å²) in [7, 11) is 0. The second kappa shape index (κ2) is 12.7. The molecular formula is C34H37F3N6O2. The number of likely N-dealkylation sites (tertiary alicyclic amines) is 1. The molecule has 0 unspecified atom stereocenters. The molecule has 3 heterocycles. The number of carbonyl (C=O) groups is 2. The number of amides is 3. The van der Waals surface area contributed by atoms with Crippen molar-refractivity contribution in [2.24, 2.45) is 5.92 Å². The molecule has 1 fully saturated rings. The predicted octanol–water partition coefficient (Wildman–Crippen LogP) is 7.63. The molecule has 4 aromatic rings. The molecular weight excluding hydrogens is 581 g/mol. The molecule has 8 nitrogen and oxygen atoms in total. The van der Waals surface area contributed by atoms with Crippen LogP contribution >= 0.6 is 0 Å². The van der Waals surface area contributed by atoms with E-state index in [4.69, 9.17) is 5.10 Å². The summed E-state index contributed by atoms with van der Waals surface area (Å²) in [6, 6.07) is 19.2. The number of alkyl halides is 3. The van der Waals surface area contributed by atoms with Gasteiger partial charge in [-0.05, 0) is 74.1 Å². The Bertz CT molecular complexity index is 1630. The monoisotopic (exact) mass is 618 g/mol. The second-order valence-corrected chi connectivity index (χ2v) is 12.6. The number of nitrogens with one attached hydrogen (secondary N) is 2. The normalized spacial score (nSPS) is 14.3. The summed E-state index contributed by atoms with van der Waals surface area (Å²) in [5, 5.41) is 10.6. The van der Waals surface area contributed by atoms with Crippen molar-refractivity contribution < 1.29 is 22.8 Å². The number of halogens is 3. The number of rotatable bonds is 6. The molecule has 0 atom stereocenters. The van der Waals surface area contributed by atoms with E-state index in [0.29, 0.717) is 30.5 Å². The molecule has 3 amide bonds.